The summed E-state index contributed by atoms with van der Waals surface area (Å²) in [6.45, 7) is 1.80. The van der Waals surface area contributed by atoms with Crippen LogP contribution in [0.25, 0.3) is 0 Å². The molecule has 0 aromatic heterocycles. The summed E-state index contributed by atoms with van der Waals surface area (Å²) >= 11 is 0. The first-order chi connectivity index (χ1) is 11.0. The molecule has 0 spiro atoms. The van der Waals surface area contributed by atoms with Gasteiger partial charge < -0.3 is 19.5 Å². The molecular weight excluding hydrogens is 308 g/mol. The maximum Gasteiger partial charge on any atom is 0.410 e. The molecule has 1 amide bonds. The Labute approximate surface area is 133 Å². The lowest BCUT2D eigenvalue weighted by Gasteiger charge is -2.22. The number of nitrogens with zero attached hydrogens (tertiary/aromatic N) is 1. The van der Waals surface area contributed by atoms with Gasteiger partial charge in [0.2, 0.25) is 6.43 Å². The highest BCUT2D eigenvalue weighted by Gasteiger charge is 2.44. The molecule has 1 saturated heterocycles. The van der Waals surface area contributed by atoms with E-state index in [4.69, 9.17) is 9.47 Å². The maximum absolute atomic E-state index is 13.1. The lowest BCUT2D eigenvalue weighted by molar-refractivity contribution is -0.146. The summed E-state index contributed by atoms with van der Waals surface area (Å²) < 4.78 is 36.4. The largest absolute Gasteiger partial charge is 0.445 e. The fourth-order valence-electron chi connectivity index (χ4n) is 2.68. The Hall–Kier alpha value is -1.73. The molecular formula is C16H21F2NO4. The number of hydrogen-bond donors (Lipinski definition) is 1. The fourth-order valence-corrected chi connectivity index (χ4v) is 2.68. The summed E-state index contributed by atoms with van der Waals surface area (Å²) in [7, 11) is 0. The quantitative estimate of drug-likeness (QED) is 0.815. The standard InChI is InChI=1S/C16H21F2NO4/c1-2-22-15(20)13-9-19(8-12(13)14(17)18)16(21)23-10-11-6-4-3-5-7-11/h3-7,12-15,20H,2,8-10H2,1H3. The van der Waals surface area contributed by atoms with Crippen LogP contribution in [0, 0.1) is 11.8 Å². The van der Waals surface area contributed by atoms with E-state index >= 15 is 0 Å². The van der Waals surface area contributed by atoms with Gasteiger partial charge in [-0.3, -0.25) is 0 Å². The molecule has 1 aromatic carbocycles. The minimum atomic E-state index is -2.64. The van der Waals surface area contributed by atoms with Crippen molar-refractivity contribution in [2.45, 2.75) is 26.2 Å². The second-order valence-corrected chi connectivity index (χ2v) is 5.45. The Balaban J connectivity index is 1.93. The molecule has 5 nitrogen and oxygen atoms in total. The highest BCUT2D eigenvalue weighted by Crippen LogP contribution is 2.32. The van der Waals surface area contributed by atoms with E-state index in [0.29, 0.717) is 0 Å². The zero-order valence-electron chi connectivity index (χ0n) is 12.9. The average Bonchev–Trinajstić information content (AvgIpc) is 2.99. The first-order valence-electron chi connectivity index (χ1n) is 7.56. The van der Waals surface area contributed by atoms with Crippen LogP contribution >= 0.6 is 0 Å². The van der Waals surface area contributed by atoms with E-state index in [1.807, 2.05) is 18.2 Å². The number of ether oxygens (including phenoxy) is 2. The van der Waals surface area contributed by atoms with E-state index in [-0.39, 0.29) is 26.3 Å². The Bertz CT molecular complexity index is 500. The summed E-state index contributed by atoms with van der Waals surface area (Å²) in [6, 6.07) is 9.10. The van der Waals surface area contributed by atoms with Gasteiger partial charge in [-0.05, 0) is 12.5 Å². The van der Waals surface area contributed by atoms with Crippen molar-refractivity contribution in [3.05, 3.63) is 35.9 Å². The van der Waals surface area contributed by atoms with Gasteiger partial charge in [-0.2, -0.15) is 0 Å². The van der Waals surface area contributed by atoms with Crippen LogP contribution in [-0.2, 0) is 16.1 Å². The normalized spacial score (nSPS) is 22.4. The van der Waals surface area contributed by atoms with Crippen LogP contribution in [0.4, 0.5) is 13.6 Å². The van der Waals surface area contributed by atoms with Crippen molar-refractivity contribution in [2.75, 3.05) is 19.7 Å². The topological polar surface area (TPSA) is 59.0 Å². The molecule has 1 aromatic rings. The lowest BCUT2D eigenvalue weighted by atomic mass is 9.96. The molecule has 1 fully saturated rings. The van der Waals surface area contributed by atoms with Gasteiger partial charge in [-0.25, -0.2) is 13.6 Å². The monoisotopic (exact) mass is 329 g/mol. The van der Waals surface area contributed by atoms with Crippen LogP contribution in [-0.4, -0.2) is 48.5 Å². The average molecular weight is 329 g/mol. The molecule has 7 heteroatoms. The number of halogens is 2. The molecule has 128 valence electrons. The fraction of sp³-hybridized carbons (Fsp3) is 0.562. The molecule has 0 radical (unpaired) electrons. The predicted octanol–water partition coefficient (Wildman–Crippen LogP) is 2.49. The Morgan fingerprint density at radius 2 is 1.96 bits per heavy atom. The number of hydrogen-bond acceptors (Lipinski definition) is 4. The minimum Gasteiger partial charge on any atom is -0.445 e. The molecule has 1 aliphatic rings. The first kappa shape index (κ1) is 17.6. The Kier molecular flexibility index (Phi) is 6.29. The summed E-state index contributed by atoms with van der Waals surface area (Å²) in [4.78, 5) is 13.3. The summed E-state index contributed by atoms with van der Waals surface area (Å²) in [5.74, 6) is -1.94. The Morgan fingerprint density at radius 3 is 2.57 bits per heavy atom. The van der Waals surface area contributed by atoms with E-state index < -0.39 is 30.6 Å². The number of aliphatic hydroxyl groups excluding tert-OH is 1. The van der Waals surface area contributed by atoms with E-state index in [1.165, 1.54) is 4.90 Å². The van der Waals surface area contributed by atoms with Crippen molar-refractivity contribution < 1.29 is 28.2 Å². The highest BCUT2D eigenvalue weighted by atomic mass is 19.3. The number of carbonyl (C=O) groups excluding carboxylic acids is 1. The van der Waals surface area contributed by atoms with Crippen LogP contribution in [0.15, 0.2) is 30.3 Å². The summed E-state index contributed by atoms with van der Waals surface area (Å²) in [6.07, 6.45) is -4.61. The van der Waals surface area contributed by atoms with Crippen LogP contribution in [0.1, 0.15) is 12.5 Å². The van der Waals surface area contributed by atoms with Gasteiger partial charge in [-0.15, -0.1) is 0 Å². The minimum absolute atomic E-state index is 0.0101. The summed E-state index contributed by atoms with van der Waals surface area (Å²) in [5, 5.41) is 9.84. The second kappa shape index (κ2) is 8.21. The number of carbonyl (C=O) groups is 1. The van der Waals surface area contributed by atoms with Crippen LogP contribution in [0.3, 0.4) is 0 Å². The number of alkyl halides is 2. The zero-order chi connectivity index (χ0) is 16.8. The smallest absolute Gasteiger partial charge is 0.410 e. The zero-order valence-corrected chi connectivity index (χ0v) is 12.9. The van der Waals surface area contributed by atoms with Gasteiger partial charge in [0.15, 0.2) is 6.29 Å². The van der Waals surface area contributed by atoms with E-state index in [0.717, 1.165) is 5.56 Å². The second-order valence-electron chi connectivity index (χ2n) is 5.45. The molecule has 3 unspecified atom stereocenters. The van der Waals surface area contributed by atoms with Gasteiger partial charge >= 0.3 is 6.09 Å². The van der Waals surface area contributed by atoms with E-state index in [2.05, 4.69) is 0 Å². The molecule has 2 rings (SSSR count). The third-order valence-corrected chi connectivity index (χ3v) is 3.90. The molecule has 3 atom stereocenters. The van der Waals surface area contributed by atoms with Crippen LogP contribution in [0.5, 0.6) is 0 Å². The molecule has 1 heterocycles. The molecule has 0 aliphatic carbocycles. The van der Waals surface area contributed by atoms with Crippen molar-refractivity contribution in [2.24, 2.45) is 11.8 Å². The van der Waals surface area contributed by atoms with Gasteiger partial charge in [0.25, 0.3) is 0 Å². The van der Waals surface area contributed by atoms with Crippen molar-refractivity contribution in [1.82, 2.24) is 4.90 Å². The first-order valence-corrected chi connectivity index (χ1v) is 7.56. The lowest BCUT2D eigenvalue weighted by Crippen LogP contribution is -2.33. The summed E-state index contributed by atoms with van der Waals surface area (Å²) in [5.41, 5.74) is 0.816. The van der Waals surface area contributed by atoms with E-state index in [9.17, 15) is 18.7 Å². The number of benzene rings is 1. The number of rotatable bonds is 6. The predicted molar refractivity (Wildman–Crippen MR) is 78.8 cm³/mol. The third-order valence-electron chi connectivity index (χ3n) is 3.90. The number of aliphatic hydroxyl groups is 1. The SMILES string of the molecule is CCOC(O)C1CN(C(=O)OCc2ccccc2)CC1C(F)F. The van der Waals surface area contributed by atoms with Gasteiger partial charge in [0.05, 0.1) is 0 Å². The van der Waals surface area contributed by atoms with Crippen LogP contribution in [0.2, 0.25) is 0 Å². The molecule has 1 aliphatic heterocycles. The van der Waals surface area contributed by atoms with Crippen LogP contribution < -0.4 is 0 Å². The molecule has 0 bridgehead atoms. The van der Waals surface area contributed by atoms with Crippen molar-refractivity contribution in [1.29, 1.82) is 0 Å². The number of likely N-dealkylation sites (tertiary alicyclic amines) is 1. The molecule has 23 heavy (non-hydrogen) atoms. The highest BCUT2D eigenvalue weighted by molar-refractivity contribution is 5.68. The molecule has 1 N–H and O–H groups in total. The van der Waals surface area contributed by atoms with Crippen molar-refractivity contribution >= 4 is 6.09 Å². The van der Waals surface area contributed by atoms with Crippen molar-refractivity contribution in [3.8, 4) is 0 Å². The maximum atomic E-state index is 13.1. The van der Waals surface area contributed by atoms with Crippen molar-refractivity contribution in [3.63, 3.8) is 0 Å². The van der Waals surface area contributed by atoms with Gasteiger partial charge in [0.1, 0.15) is 6.61 Å². The van der Waals surface area contributed by atoms with Gasteiger partial charge in [0, 0.05) is 31.5 Å². The third kappa shape index (κ3) is 4.62. The number of amides is 1. The molecule has 0 saturated carbocycles. The Morgan fingerprint density at radius 1 is 1.30 bits per heavy atom. The van der Waals surface area contributed by atoms with Gasteiger partial charge in [-0.1, -0.05) is 30.3 Å². The van der Waals surface area contributed by atoms with E-state index in [1.54, 1.807) is 19.1 Å².